The summed E-state index contributed by atoms with van der Waals surface area (Å²) in [5.41, 5.74) is 5.97. The Balaban J connectivity index is 1.87. The molecule has 1 N–H and O–H groups in total. The van der Waals surface area contributed by atoms with E-state index in [9.17, 15) is 0 Å². The summed E-state index contributed by atoms with van der Waals surface area (Å²) >= 11 is 0. The summed E-state index contributed by atoms with van der Waals surface area (Å²) in [6.07, 6.45) is 1.74. The number of para-hydroxylation sites is 1. The first-order valence-corrected chi connectivity index (χ1v) is 8.67. The number of benzene rings is 2. The molecule has 0 atom stereocenters. The number of nitrogens with zero attached hydrogens (tertiary/aromatic N) is 3. The third-order valence-corrected chi connectivity index (χ3v) is 4.27. The summed E-state index contributed by atoms with van der Waals surface area (Å²) in [7, 11) is 0. The van der Waals surface area contributed by atoms with Gasteiger partial charge in [-0.1, -0.05) is 49.4 Å². The van der Waals surface area contributed by atoms with Crippen molar-refractivity contribution in [1.29, 1.82) is 0 Å². The standard InChI is InChI=1S/C21H24N4/c1-5-17-10-7-11-18(12-17)13-19-22-16(4)23-21(24-19)25-20-14(2)8-6-9-15(20)3/h6-12H,5,13H2,1-4H3,(H,22,23,24,25). The Labute approximate surface area is 149 Å². The van der Waals surface area contributed by atoms with Gasteiger partial charge in [0, 0.05) is 12.1 Å². The Morgan fingerprint density at radius 3 is 2.24 bits per heavy atom. The molecule has 0 radical (unpaired) electrons. The van der Waals surface area contributed by atoms with Crippen molar-refractivity contribution in [3.63, 3.8) is 0 Å². The topological polar surface area (TPSA) is 50.7 Å². The molecule has 0 saturated carbocycles. The second-order valence-corrected chi connectivity index (χ2v) is 6.36. The van der Waals surface area contributed by atoms with Crippen LogP contribution in [-0.2, 0) is 12.8 Å². The van der Waals surface area contributed by atoms with Gasteiger partial charge in [-0.25, -0.2) is 4.98 Å². The van der Waals surface area contributed by atoms with Gasteiger partial charge < -0.3 is 5.32 Å². The number of rotatable bonds is 5. The fourth-order valence-electron chi connectivity index (χ4n) is 2.94. The molecule has 0 saturated heterocycles. The van der Waals surface area contributed by atoms with Crippen molar-refractivity contribution < 1.29 is 0 Å². The lowest BCUT2D eigenvalue weighted by molar-refractivity contribution is 0.885. The van der Waals surface area contributed by atoms with Crippen molar-refractivity contribution in [2.45, 2.75) is 40.5 Å². The van der Waals surface area contributed by atoms with E-state index in [4.69, 9.17) is 0 Å². The lowest BCUT2D eigenvalue weighted by Crippen LogP contribution is -2.07. The molecular weight excluding hydrogens is 308 g/mol. The number of aryl methyl sites for hydroxylation is 4. The van der Waals surface area contributed by atoms with Crippen LogP contribution in [0.2, 0.25) is 0 Å². The highest BCUT2D eigenvalue weighted by atomic mass is 15.2. The summed E-state index contributed by atoms with van der Waals surface area (Å²) < 4.78 is 0. The molecule has 0 aliphatic carbocycles. The summed E-state index contributed by atoms with van der Waals surface area (Å²) in [5, 5.41) is 3.37. The van der Waals surface area contributed by atoms with Gasteiger partial charge in [-0.3, -0.25) is 0 Å². The Bertz CT molecular complexity index is 867. The molecule has 3 aromatic rings. The molecule has 0 aliphatic rings. The Hall–Kier alpha value is -2.75. The number of anilines is 2. The van der Waals surface area contributed by atoms with Gasteiger partial charge in [0.2, 0.25) is 5.95 Å². The highest BCUT2D eigenvalue weighted by Crippen LogP contribution is 2.22. The highest BCUT2D eigenvalue weighted by molar-refractivity contribution is 5.62. The Morgan fingerprint density at radius 2 is 1.52 bits per heavy atom. The molecule has 1 heterocycles. The van der Waals surface area contributed by atoms with E-state index in [1.165, 1.54) is 22.3 Å². The van der Waals surface area contributed by atoms with Crippen molar-refractivity contribution in [2.75, 3.05) is 5.32 Å². The van der Waals surface area contributed by atoms with Gasteiger partial charge in [0.05, 0.1) is 0 Å². The van der Waals surface area contributed by atoms with Crippen LogP contribution in [0, 0.1) is 20.8 Å². The first-order valence-electron chi connectivity index (χ1n) is 8.67. The van der Waals surface area contributed by atoms with Crippen LogP contribution in [0.3, 0.4) is 0 Å². The predicted molar refractivity (Wildman–Crippen MR) is 102 cm³/mol. The molecule has 25 heavy (non-hydrogen) atoms. The quantitative estimate of drug-likeness (QED) is 0.736. The predicted octanol–water partition coefficient (Wildman–Crippen LogP) is 4.69. The van der Waals surface area contributed by atoms with Crippen molar-refractivity contribution in [2.24, 2.45) is 0 Å². The van der Waals surface area contributed by atoms with Crippen LogP contribution >= 0.6 is 0 Å². The first kappa shape index (κ1) is 17.1. The third-order valence-electron chi connectivity index (χ3n) is 4.27. The zero-order valence-corrected chi connectivity index (χ0v) is 15.3. The molecule has 0 spiro atoms. The van der Waals surface area contributed by atoms with E-state index in [-0.39, 0.29) is 0 Å². The fourth-order valence-corrected chi connectivity index (χ4v) is 2.94. The molecule has 4 heteroatoms. The molecule has 3 rings (SSSR count). The van der Waals surface area contributed by atoms with Gasteiger partial charge in [0.1, 0.15) is 11.6 Å². The SMILES string of the molecule is CCc1cccc(Cc2nc(C)nc(Nc3c(C)cccc3C)n2)c1. The summed E-state index contributed by atoms with van der Waals surface area (Å²) in [5.74, 6) is 2.12. The average molecular weight is 332 g/mol. The zero-order chi connectivity index (χ0) is 17.8. The van der Waals surface area contributed by atoms with Gasteiger partial charge in [0.15, 0.2) is 0 Å². The van der Waals surface area contributed by atoms with E-state index in [2.05, 4.69) is 83.5 Å². The lowest BCUT2D eigenvalue weighted by Gasteiger charge is -2.12. The maximum absolute atomic E-state index is 4.63. The molecule has 4 nitrogen and oxygen atoms in total. The molecule has 2 aromatic carbocycles. The molecule has 0 unspecified atom stereocenters. The van der Waals surface area contributed by atoms with Gasteiger partial charge in [-0.05, 0) is 49.4 Å². The van der Waals surface area contributed by atoms with Crippen LogP contribution in [0.4, 0.5) is 11.6 Å². The summed E-state index contributed by atoms with van der Waals surface area (Å²) in [6, 6.07) is 14.8. The molecule has 0 amide bonds. The van der Waals surface area contributed by atoms with Gasteiger partial charge >= 0.3 is 0 Å². The largest absolute Gasteiger partial charge is 0.324 e. The van der Waals surface area contributed by atoms with Crippen LogP contribution in [0.5, 0.6) is 0 Å². The maximum atomic E-state index is 4.63. The number of aromatic nitrogens is 3. The van der Waals surface area contributed by atoms with E-state index < -0.39 is 0 Å². The molecule has 128 valence electrons. The highest BCUT2D eigenvalue weighted by Gasteiger charge is 2.08. The van der Waals surface area contributed by atoms with Crippen LogP contribution in [-0.4, -0.2) is 15.0 Å². The smallest absolute Gasteiger partial charge is 0.230 e. The summed E-state index contributed by atoms with van der Waals surface area (Å²) in [4.78, 5) is 13.6. The van der Waals surface area contributed by atoms with Crippen molar-refractivity contribution >= 4 is 11.6 Å². The molecular formula is C21H24N4. The minimum absolute atomic E-state index is 0.603. The normalized spacial score (nSPS) is 10.7. The monoisotopic (exact) mass is 332 g/mol. The van der Waals surface area contributed by atoms with Gasteiger partial charge in [0.25, 0.3) is 0 Å². The van der Waals surface area contributed by atoms with Crippen molar-refractivity contribution in [3.8, 4) is 0 Å². The minimum atomic E-state index is 0.603. The molecule has 0 bridgehead atoms. The van der Waals surface area contributed by atoms with E-state index in [1.807, 2.05) is 6.92 Å². The lowest BCUT2D eigenvalue weighted by atomic mass is 10.1. The van der Waals surface area contributed by atoms with Crippen LogP contribution < -0.4 is 5.32 Å². The van der Waals surface area contributed by atoms with E-state index in [0.29, 0.717) is 12.4 Å². The third kappa shape index (κ3) is 4.21. The Kier molecular flexibility index (Phi) is 5.08. The van der Waals surface area contributed by atoms with E-state index >= 15 is 0 Å². The van der Waals surface area contributed by atoms with Gasteiger partial charge in [-0.15, -0.1) is 0 Å². The second kappa shape index (κ2) is 7.43. The molecule has 0 aliphatic heterocycles. The van der Waals surface area contributed by atoms with Crippen LogP contribution in [0.25, 0.3) is 0 Å². The fraction of sp³-hybridized carbons (Fsp3) is 0.286. The second-order valence-electron chi connectivity index (χ2n) is 6.36. The minimum Gasteiger partial charge on any atom is -0.324 e. The molecule has 1 aromatic heterocycles. The van der Waals surface area contributed by atoms with E-state index in [1.54, 1.807) is 0 Å². The Morgan fingerprint density at radius 1 is 0.840 bits per heavy atom. The number of nitrogens with one attached hydrogen (secondary N) is 1. The van der Waals surface area contributed by atoms with Gasteiger partial charge in [-0.2, -0.15) is 9.97 Å². The number of hydrogen-bond donors (Lipinski definition) is 1. The summed E-state index contributed by atoms with van der Waals surface area (Å²) in [6.45, 7) is 8.24. The molecule has 0 fully saturated rings. The zero-order valence-electron chi connectivity index (χ0n) is 15.3. The average Bonchev–Trinajstić information content (AvgIpc) is 2.58. The van der Waals surface area contributed by atoms with Crippen molar-refractivity contribution in [3.05, 3.63) is 76.4 Å². The first-order chi connectivity index (χ1) is 12.0. The van der Waals surface area contributed by atoms with Crippen LogP contribution in [0.1, 0.15) is 40.8 Å². The van der Waals surface area contributed by atoms with E-state index in [0.717, 1.165) is 23.8 Å². The number of hydrogen-bond acceptors (Lipinski definition) is 4. The van der Waals surface area contributed by atoms with Crippen LogP contribution in [0.15, 0.2) is 42.5 Å². The van der Waals surface area contributed by atoms with Crippen molar-refractivity contribution in [1.82, 2.24) is 15.0 Å². The maximum Gasteiger partial charge on any atom is 0.230 e.